The lowest BCUT2D eigenvalue weighted by Crippen LogP contribution is -2.43. The smallest absolute Gasteiger partial charge is 0.243 e. The van der Waals surface area contributed by atoms with Crippen molar-refractivity contribution in [2.45, 2.75) is 32.9 Å². The van der Waals surface area contributed by atoms with Gasteiger partial charge in [-0.15, -0.1) is 0 Å². The van der Waals surface area contributed by atoms with Gasteiger partial charge in [-0.05, 0) is 35.3 Å². The van der Waals surface area contributed by atoms with Crippen LogP contribution in [-0.2, 0) is 18.4 Å². The lowest BCUT2D eigenvalue weighted by Gasteiger charge is -2.25. The van der Waals surface area contributed by atoms with Crippen molar-refractivity contribution in [3.8, 4) is 0 Å². The maximum Gasteiger partial charge on any atom is 0.243 e. The van der Waals surface area contributed by atoms with E-state index in [2.05, 4.69) is 50.7 Å². The summed E-state index contributed by atoms with van der Waals surface area (Å²) < 4.78 is 3.13. The molecule has 1 N–H and O–H groups in total. The molecule has 130 valence electrons. The van der Waals surface area contributed by atoms with Crippen molar-refractivity contribution in [1.29, 1.82) is 0 Å². The molecule has 0 aromatic carbocycles. The van der Waals surface area contributed by atoms with Crippen LogP contribution in [0.15, 0.2) is 21.7 Å². The first kappa shape index (κ1) is 19.5. The van der Waals surface area contributed by atoms with Gasteiger partial charge < -0.3 is 19.7 Å². The average molecular weight is 386 g/mol. The van der Waals surface area contributed by atoms with Crippen molar-refractivity contribution >= 4 is 27.8 Å². The summed E-state index contributed by atoms with van der Waals surface area (Å²) in [6.07, 6.45) is 3.02. The molecule has 1 aromatic rings. The molecular formula is C16H28BrN5O. The summed E-state index contributed by atoms with van der Waals surface area (Å²) in [4.78, 5) is 19.9. The SMILES string of the molecule is CCC(C)NC(=NCC(=O)N(C)C)N(C)Cc1cc(Br)cn1C. The number of carbonyl (C=O) groups is 1. The van der Waals surface area contributed by atoms with Gasteiger partial charge >= 0.3 is 0 Å². The molecule has 0 bridgehead atoms. The standard InChI is InChI=1S/C16H28BrN5O/c1-7-12(2)19-16(18-9-15(23)20(3)4)22(6)11-14-8-13(17)10-21(14)5/h8,10,12H,7,9,11H2,1-6H3,(H,18,19). The van der Waals surface area contributed by atoms with E-state index in [9.17, 15) is 4.79 Å². The third-order valence-corrected chi connectivity index (χ3v) is 4.12. The zero-order valence-corrected chi connectivity index (χ0v) is 16.5. The number of carbonyl (C=O) groups excluding carboxylic acids is 1. The van der Waals surface area contributed by atoms with Crippen molar-refractivity contribution in [2.24, 2.45) is 12.0 Å². The topological polar surface area (TPSA) is 52.9 Å². The van der Waals surface area contributed by atoms with Crippen LogP contribution in [0.3, 0.4) is 0 Å². The Labute approximate surface area is 147 Å². The van der Waals surface area contributed by atoms with E-state index in [-0.39, 0.29) is 12.5 Å². The summed E-state index contributed by atoms with van der Waals surface area (Å²) >= 11 is 3.49. The summed E-state index contributed by atoms with van der Waals surface area (Å²) in [5.41, 5.74) is 1.16. The van der Waals surface area contributed by atoms with E-state index in [0.717, 1.165) is 22.5 Å². The molecule has 1 unspecified atom stereocenters. The number of amides is 1. The molecule has 0 saturated carbocycles. The first-order valence-electron chi connectivity index (χ1n) is 7.77. The van der Waals surface area contributed by atoms with Gasteiger partial charge in [0.05, 0.1) is 6.54 Å². The summed E-state index contributed by atoms with van der Waals surface area (Å²) in [5.74, 6) is 0.732. The van der Waals surface area contributed by atoms with Crippen molar-refractivity contribution in [1.82, 2.24) is 19.7 Å². The fourth-order valence-corrected chi connectivity index (χ4v) is 2.50. The number of guanidine groups is 1. The molecule has 0 aliphatic heterocycles. The molecule has 0 aliphatic rings. The van der Waals surface area contributed by atoms with Gasteiger partial charge in [-0.3, -0.25) is 4.79 Å². The molecule has 6 nitrogen and oxygen atoms in total. The number of rotatable bonds is 6. The molecule has 0 saturated heterocycles. The van der Waals surface area contributed by atoms with Gasteiger partial charge in [-0.25, -0.2) is 4.99 Å². The van der Waals surface area contributed by atoms with Crippen LogP contribution >= 0.6 is 15.9 Å². The van der Waals surface area contributed by atoms with Crippen molar-refractivity contribution < 1.29 is 4.79 Å². The first-order valence-corrected chi connectivity index (χ1v) is 8.56. The Balaban J connectivity index is 2.86. The van der Waals surface area contributed by atoms with E-state index < -0.39 is 0 Å². The first-order chi connectivity index (χ1) is 10.7. The minimum absolute atomic E-state index is 0.0107. The minimum atomic E-state index is -0.0107. The number of hydrogen-bond donors (Lipinski definition) is 1. The van der Waals surface area contributed by atoms with Crippen LogP contribution in [0.4, 0.5) is 0 Å². The van der Waals surface area contributed by atoms with Gasteiger partial charge in [-0.1, -0.05) is 6.92 Å². The van der Waals surface area contributed by atoms with Gasteiger partial charge in [0.25, 0.3) is 0 Å². The predicted octanol–water partition coefficient (Wildman–Crippen LogP) is 2.05. The van der Waals surface area contributed by atoms with Crippen LogP contribution in [0, 0.1) is 0 Å². The van der Waals surface area contributed by atoms with E-state index in [4.69, 9.17) is 0 Å². The largest absolute Gasteiger partial charge is 0.354 e. The number of likely N-dealkylation sites (N-methyl/N-ethyl adjacent to an activating group) is 1. The van der Waals surface area contributed by atoms with E-state index in [1.165, 1.54) is 0 Å². The monoisotopic (exact) mass is 385 g/mol. The molecule has 0 spiro atoms. The van der Waals surface area contributed by atoms with Crippen molar-refractivity contribution in [2.75, 3.05) is 27.7 Å². The Kier molecular flexibility index (Phi) is 7.61. The Morgan fingerprint density at radius 3 is 2.57 bits per heavy atom. The van der Waals surface area contributed by atoms with E-state index in [0.29, 0.717) is 12.6 Å². The molecule has 0 radical (unpaired) electrons. The third-order valence-electron chi connectivity index (χ3n) is 3.69. The second-order valence-electron chi connectivity index (χ2n) is 6.00. The Hall–Kier alpha value is -1.50. The zero-order valence-electron chi connectivity index (χ0n) is 14.9. The second-order valence-corrected chi connectivity index (χ2v) is 6.91. The van der Waals surface area contributed by atoms with Crippen LogP contribution in [-0.4, -0.2) is 60.0 Å². The highest BCUT2D eigenvalue weighted by molar-refractivity contribution is 9.10. The maximum absolute atomic E-state index is 11.8. The fraction of sp³-hybridized carbons (Fsp3) is 0.625. The lowest BCUT2D eigenvalue weighted by molar-refractivity contribution is -0.127. The molecule has 1 rings (SSSR count). The van der Waals surface area contributed by atoms with Crippen LogP contribution < -0.4 is 5.32 Å². The van der Waals surface area contributed by atoms with Crippen molar-refractivity contribution in [3.63, 3.8) is 0 Å². The Morgan fingerprint density at radius 2 is 2.09 bits per heavy atom. The van der Waals surface area contributed by atoms with Gasteiger partial charge in [0.2, 0.25) is 5.91 Å². The number of aromatic nitrogens is 1. The van der Waals surface area contributed by atoms with Crippen LogP contribution in [0.5, 0.6) is 0 Å². The van der Waals surface area contributed by atoms with Crippen LogP contribution in [0.1, 0.15) is 26.0 Å². The molecule has 0 aliphatic carbocycles. The highest BCUT2D eigenvalue weighted by atomic mass is 79.9. The number of aliphatic imine (C=N–C) groups is 1. The molecule has 0 fully saturated rings. The number of nitrogens with one attached hydrogen (secondary N) is 1. The fourth-order valence-electron chi connectivity index (χ4n) is 1.92. The zero-order chi connectivity index (χ0) is 17.6. The van der Waals surface area contributed by atoms with E-state index in [1.807, 2.05) is 25.2 Å². The van der Waals surface area contributed by atoms with E-state index in [1.54, 1.807) is 19.0 Å². The molecule has 23 heavy (non-hydrogen) atoms. The second kappa shape index (κ2) is 8.96. The Bertz CT molecular complexity index is 553. The van der Waals surface area contributed by atoms with Crippen LogP contribution in [0.2, 0.25) is 0 Å². The lowest BCUT2D eigenvalue weighted by atomic mass is 10.3. The minimum Gasteiger partial charge on any atom is -0.354 e. The van der Waals surface area contributed by atoms with Crippen molar-refractivity contribution in [3.05, 3.63) is 22.4 Å². The number of nitrogens with zero attached hydrogens (tertiary/aromatic N) is 4. The Morgan fingerprint density at radius 1 is 1.43 bits per heavy atom. The molecule has 1 atom stereocenters. The number of aryl methyl sites for hydroxylation is 1. The van der Waals surface area contributed by atoms with Crippen LogP contribution in [0.25, 0.3) is 0 Å². The quantitative estimate of drug-likeness (QED) is 0.602. The molecule has 1 aromatic heterocycles. The van der Waals surface area contributed by atoms with Gasteiger partial charge in [0.1, 0.15) is 6.54 Å². The normalized spacial score (nSPS) is 12.9. The average Bonchev–Trinajstić information content (AvgIpc) is 2.80. The summed E-state index contributed by atoms with van der Waals surface area (Å²) in [7, 11) is 7.48. The highest BCUT2D eigenvalue weighted by Gasteiger charge is 2.13. The predicted molar refractivity (Wildman–Crippen MR) is 98.5 cm³/mol. The third kappa shape index (κ3) is 6.25. The highest BCUT2D eigenvalue weighted by Crippen LogP contribution is 2.15. The number of halogens is 1. The van der Waals surface area contributed by atoms with Gasteiger partial charge in [0, 0.05) is 50.6 Å². The molecular weight excluding hydrogens is 358 g/mol. The summed E-state index contributed by atoms with van der Waals surface area (Å²) in [6, 6.07) is 2.38. The van der Waals surface area contributed by atoms with E-state index >= 15 is 0 Å². The molecule has 1 heterocycles. The van der Waals surface area contributed by atoms with Gasteiger partial charge in [0.15, 0.2) is 5.96 Å². The maximum atomic E-state index is 11.8. The molecule has 1 amide bonds. The molecule has 7 heteroatoms. The summed E-state index contributed by atoms with van der Waals surface area (Å²) in [5, 5.41) is 3.39. The number of hydrogen-bond acceptors (Lipinski definition) is 2. The summed E-state index contributed by atoms with van der Waals surface area (Å²) in [6.45, 7) is 5.08. The van der Waals surface area contributed by atoms with Gasteiger partial charge in [-0.2, -0.15) is 0 Å².